The fourth-order valence-electron chi connectivity index (χ4n) is 4.91. The molecule has 0 unspecified atom stereocenters. The van der Waals surface area contributed by atoms with E-state index in [1.54, 1.807) is 18.2 Å². The number of ether oxygens (including phenoxy) is 3. The molecule has 40 heavy (non-hydrogen) atoms. The van der Waals surface area contributed by atoms with Gasteiger partial charge in [0.25, 0.3) is 0 Å². The summed E-state index contributed by atoms with van der Waals surface area (Å²) >= 11 is 0. The summed E-state index contributed by atoms with van der Waals surface area (Å²) in [4.78, 5) is 30.1. The van der Waals surface area contributed by atoms with Crippen LogP contribution in [0, 0.1) is 28.9 Å². The van der Waals surface area contributed by atoms with Crippen molar-refractivity contribution in [2.45, 2.75) is 13.8 Å². The molecule has 8 nitrogen and oxygen atoms in total. The molecule has 1 saturated carbocycles. The average Bonchev–Trinajstić information content (AvgIpc) is 3.52. The van der Waals surface area contributed by atoms with Crippen molar-refractivity contribution in [3.63, 3.8) is 0 Å². The van der Waals surface area contributed by atoms with Crippen molar-refractivity contribution in [3.05, 3.63) is 78.5 Å². The number of rotatable bonds is 8. The van der Waals surface area contributed by atoms with E-state index in [4.69, 9.17) is 14.2 Å². The van der Waals surface area contributed by atoms with Crippen molar-refractivity contribution in [1.82, 2.24) is 4.98 Å². The highest BCUT2D eigenvalue weighted by Crippen LogP contribution is 2.59. The number of aromatic nitrogens is 1. The molecule has 10 heteroatoms. The molecule has 3 aromatic carbocycles. The number of amides is 2. The molecule has 5 rings (SSSR count). The molecule has 0 spiro atoms. The minimum atomic E-state index is -0.691. The van der Waals surface area contributed by atoms with Crippen LogP contribution < -0.4 is 24.8 Å². The van der Waals surface area contributed by atoms with Crippen molar-refractivity contribution >= 4 is 34.1 Å². The molecule has 2 atom stereocenters. The van der Waals surface area contributed by atoms with Gasteiger partial charge < -0.3 is 24.8 Å². The second kappa shape index (κ2) is 10.4. The first-order valence-corrected chi connectivity index (χ1v) is 12.5. The third-order valence-electron chi connectivity index (χ3n) is 7.13. The molecule has 0 bridgehead atoms. The highest BCUT2D eigenvalue weighted by atomic mass is 19.1. The van der Waals surface area contributed by atoms with E-state index in [-0.39, 0.29) is 17.3 Å². The third kappa shape index (κ3) is 5.12. The Hall–Kier alpha value is -4.73. The van der Waals surface area contributed by atoms with E-state index in [1.807, 2.05) is 13.8 Å². The van der Waals surface area contributed by atoms with Gasteiger partial charge >= 0.3 is 0 Å². The minimum Gasteiger partial charge on any atom is -0.493 e. The number of anilines is 2. The molecule has 0 aliphatic heterocycles. The van der Waals surface area contributed by atoms with Crippen LogP contribution in [0.4, 0.5) is 20.2 Å². The Morgan fingerprint density at radius 3 is 2.00 bits per heavy atom. The highest BCUT2D eigenvalue weighted by Gasteiger charge is 2.65. The van der Waals surface area contributed by atoms with Crippen LogP contribution in [0.5, 0.6) is 23.0 Å². The Morgan fingerprint density at radius 2 is 1.38 bits per heavy atom. The Bertz CT molecular complexity index is 1610. The molecule has 0 radical (unpaired) electrons. The number of hydrogen-bond acceptors (Lipinski definition) is 6. The van der Waals surface area contributed by atoms with E-state index >= 15 is 4.39 Å². The van der Waals surface area contributed by atoms with Gasteiger partial charge in [0, 0.05) is 35.1 Å². The molecule has 4 aromatic rings. The molecule has 1 aliphatic carbocycles. The number of fused-ring (bicyclic) bond motifs is 1. The lowest BCUT2D eigenvalue weighted by Crippen LogP contribution is -2.20. The van der Waals surface area contributed by atoms with Crippen LogP contribution in [0.15, 0.2) is 66.9 Å². The molecular formula is C30H27F2N3O5. The van der Waals surface area contributed by atoms with Crippen LogP contribution in [0.2, 0.25) is 0 Å². The number of carbonyl (C=O) groups is 2. The van der Waals surface area contributed by atoms with Crippen LogP contribution in [0.1, 0.15) is 13.8 Å². The number of hydrogen-bond donors (Lipinski definition) is 2. The number of pyridine rings is 1. The van der Waals surface area contributed by atoms with Gasteiger partial charge in [-0.1, -0.05) is 13.8 Å². The first-order valence-electron chi connectivity index (χ1n) is 12.5. The Balaban J connectivity index is 1.28. The molecule has 1 fully saturated rings. The van der Waals surface area contributed by atoms with Gasteiger partial charge in [-0.2, -0.15) is 0 Å². The second-order valence-electron chi connectivity index (χ2n) is 10.0. The van der Waals surface area contributed by atoms with Crippen LogP contribution >= 0.6 is 0 Å². The minimum absolute atomic E-state index is 0.0522. The topological polar surface area (TPSA) is 98.8 Å². The number of carbonyl (C=O) groups excluding carboxylic acids is 2. The first-order chi connectivity index (χ1) is 19.1. The zero-order valence-electron chi connectivity index (χ0n) is 22.2. The number of nitrogens with zero attached hydrogens (tertiary/aromatic N) is 1. The lowest BCUT2D eigenvalue weighted by atomic mass is 10.1. The summed E-state index contributed by atoms with van der Waals surface area (Å²) in [5.41, 5.74) is 0.623. The molecular weight excluding hydrogens is 520 g/mol. The lowest BCUT2D eigenvalue weighted by Gasteiger charge is -2.13. The highest BCUT2D eigenvalue weighted by molar-refractivity contribution is 6.04. The van der Waals surface area contributed by atoms with E-state index in [0.717, 1.165) is 6.07 Å². The van der Waals surface area contributed by atoms with Crippen molar-refractivity contribution in [2.75, 3.05) is 24.9 Å². The van der Waals surface area contributed by atoms with Crippen LogP contribution in [-0.4, -0.2) is 31.0 Å². The van der Waals surface area contributed by atoms with Gasteiger partial charge in [-0.15, -0.1) is 0 Å². The molecule has 206 valence electrons. The SMILES string of the molecule is COc1cc2nccc(Oc3ccc(NC(=O)[C@H]4[C@@H](C(=O)Nc5ccc(F)cc5)C4(C)C)cc3F)c2cc1OC. The van der Waals surface area contributed by atoms with E-state index in [9.17, 15) is 14.0 Å². The maximum atomic E-state index is 15.1. The van der Waals surface area contributed by atoms with Gasteiger partial charge in [-0.25, -0.2) is 8.78 Å². The quantitative estimate of drug-likeness (QED) is 0.274. The van der Waals surface area contributed by atoms with Crippen LogP contribution in [-0.2, 0) is 9.59 Å². The van der Waals surface area contributed by atoms with Gasteiger partial charge in [0.15, 0.2) is 23.1 Å². The monoisotopic (exact) mass is 547 g/mol. The van der Waals surface area contributed by atoms with Gasteiger partial charge in [-0.05, 0) is 53.9 Å². The van der Waals surface area contributed by atoms with Crippen LogP contribution in [0.3, 0.4) is 0 Å². The summed E-state index contributed by atoms with van der Waals surface area (Å²) in [5.74, 6) is -1.80. The number of methoxy groups -OCH3 is 2. The summed E-state index contributed by atoms with van der Waals surface area (Å²) in [6.45, 7) is 3.63. The van der Waals surface area contributed by atoms with Gasteiger partial charge in [0.1, 0.15) is 11.6 Å². The van der Waals surface area contributed by atoms with Crippen LogP contribution in [0.25, 0.3) is 10.9 Å². The van der Waals surface area contributed by atoms with Crippen molar-refractivity contribution in [1.29, 1.82) is 0 Å². The second-order valence-corrected chi connectivity index (χ2v) is 10.0. The maximum Gasteiger partial charge on any atom is 0.228 e. The predicted octanol–water partition coefficient (Wildman–Crippen LogP) is 6.17. The molecule has 2 N–H and O–H groups in total. The normalized spacial score (nSPS) is 17.1. The number of nitrogens with one attached hydrogen (secondary N) is 2. The summed E-state index contributed by atoms with van der Waals surface area (Å²) < 4.78 is 44.8. The fourth-order valence-corrected chi connectivity index (χ4v) is 4.91. The smallest absolute Gasteiger partial charge is 0.228 e. The Kier molecular flexibility index (Phi) is 7.01. The van der Waals surface area contributed by atoms with E-state index < -0.39 is 34.8 Å². The maximum absolute atomic E-state index is 15.1. The van der Waals surface area contributed by atoms with Crippen molar-refractivity contribution in [2.24, 2.45) is 17.3 Å². The third-order valence-corrected chi connectivity index (χ3v) is 7.13. The molecule has 1 aliphatic rings. The standard InChI is InChI=1S/C30H27F2N3O5/c1-30(2)26(28(36)34-17-7-5-16(31)6-8-17)27(30)29(37)35-18-9-10-23(20(32)13-18)40-22-11-12-33-21-15-25(39-4)24(38-3)14-19(21)22/h5-15,26-27H,1-4H3,(H,34,36)(H,35,37)/t26-,27+/m0/s1. The molecule has 0 saturated heterocycles. The zero-order valence-corrected chi connectivity index (χ0v) is 22.2. The predicted molar refractivity (Wildman–Crippen MR) is 146 cm³/mol. The van der Waals surface area contributed by atoms with E-state index in [0.29, 0.717) is 33.8 Å². The Morgan fingerprint density at radius 1 is 0.775 bits per heavy atom. The fraction of sp³-hybridized carbons (Fsp3) is 0.233. The number of halogens is 2. The van der Waals surface area contributed by atoms with Gasteiger partial charge in [0.2, 0.25) is 11.8 Å². The number of benzene rings is 3. The first kappa shape index (κ1) is 26.9. The van der Waals surface area contributed by atoms with E-state index in [2.05, 4.69) is 15.6 Å². The lowest BCUT2D eigenvalue weighted by molar-refractivity contribution is -0.122. The van der Waals surface area contributed by atoms with Crippen molar-refractivity contribution in [3.8, 4) is 23.0 Å². The zero-order chi connectivity index (χ0) is 28.6. The average molecular weight is 548 g/mol. The van der Waals surface area contributed by atoms with Gasteiger partial charge in [-0.3, -0.25) is 14.6 Å². The largest absolute Gasteiger partial charge is 0.493 e. The van der Waals surface area contributed by atoms with Gasteiger partial charge in [0.05, 0.1) is 31.6 Å². The van der Waals surface area contributed by atoms with E-state index in [1.165, 1.54) is 56.8 Å². The Labute approximate surface area is 229 Å². The molecule has 1 heterocycles. The summed E-state index contributed by atoms with van der Waals surface area (Å²) in [6, 6.07) is 14.5. The molecule has 1 aromatic heterocycles. The summed E-state index contributed by atoms with van der Waals surface area (Å²) in [6.07, 6.45) is 1.54. The summed E-state index contributed by atoms with van der Waals surface area (Å²) in [7, 11) is 3.03. The molecule has 2 amide bonds. The summed E-state index contributed by atoms with van der Waals surface area (Å²) in [5, 5.41) is 6.02. The van der Waals surface area contributed by atoms with Crippen molar-refractivity contribution < 1.29 is 32.6 Å².